The Bertz CT molecular complexity index is 1180. The van der Waals surface area contributed by atoms with Crippen LogP contribution >= 0.6 is 43.2 Å². The van der Waals surface area contributed by atoms with E-state index in [9.17, 15) is 8.96 Å². The summed E-state index contributed by atoms with van der Waals surface area (Å²) in [7, 11) is -4.71. The maximum absolute atomic E-state index is 14.7. The fourth-order valence-electron chi connectivity index (χ4n) is 2.77. The van der Waals surface area contributed by atoms with Gasteiger partial charge >= 0.3 is 7.82 Å². The van der Waals surface area contributed by atoms with Gasteiger partial charge in [0, 0.05) is 29.4 Å². The van der Waals surface area contributed by atoms with E-state index in [0.29, 0.717) is 15.6 Å². The van der Waals surface area contributed by atoms with E-state index in [1.165, 1.54) is 30.4 Å². The summed E-state index contributed by atoms with van der Waals surface area (Å²) in [6, 6.07) is 5.49. The number of phosphoric acid groups is 1. The third kappa shape index (κ3) is 8.33. The zero-order chi connectivity index (χ0) is 25.0. The van der Waals surface area contributed by atoms with Gasteiger partial charge < -0.3 is 25.6 Å². The molecule has 5 N–H and O–H groups in total. The van der Waals surface area contributed by atoms with Crippen LogP contribution in [0.5, 0.6) is 5.75 Å². The molecule has 192 valence electrons. The summed E-state index contributed by atoms with van der Waals surface area (Å²) in [5.41, 5.74) is 6.89. The average Bonchev–Trinajstić information content (AvgIpc) is 3.22. The van der Waals surface area contributed by atoms with E-state index in [4.69, 9.17) is 31.9 Å². The molecule has 0 aliphatic carbocycles. The molecule has 0 unspecified atom stereocenters. The minimum Gasteiger partial charge on any atom is -0.489 e. The summed E-state index contributed by atoms with van der Waals surface area (Å²) < 4.78 is 35.5. The Labute approximate surface area is 216 Å². The SMILES string of the molecule is CC(C)Nc1ccc(-c2nnc(-c3cc(F)c(OC[C@@H](N)[C@@H](C)OP(=O)(O)O)cc3Cl)s2)cn1.Cl. The highest BCUT2D eigenvalue weighted by Crippen LogP contribution is 2.39. The topological polar surface area (TPSA) is 153 Å². The number of ether oxygens (including phenoxy) is 1. The number of hydrogen-bond acceptors (Lipinski definition) is 9. The second kappa shape index (κ2) is 12.4. The van der Waals surface area contributed by atoms with Gasteiger partial charge in [0.05, 0.1) is 17.2 Å². The van der Waals surface area contributed by atoms with Crippen LogP contribution in [0.2, 0.25) is 5.02 Å². The van der Waals surface area contributed by atoms with E-state index >= 15 is 0 Å². The van der Waals surface area contributed by atoms with Crippen molar-refractivity contribution in [2.45, 2.75) is 39.0 Å². The third-order valence-corrected chi connectivity index (χ3v) is 6.39. The Balaban J connectivity index is 0.00000432. The Hall–Kier alpha value is -1.89. The minimum absolute atomic E-state index is 0. The number of halogens is 3. The molecule has 2 aromatic heterocycles. The van der Waals surface area contributed by atoms with E-state index < -0.39 is 25.8 Å². The standard InChI is InChI=1S/C20H24ClFN5O5PS.ClH/c1-10(2)25-18-5-4-12(8-24-18)19-26-27-20(34-19)13-6-15(22)17(7-14(13)21)31-9-16(23)11(3)32-33(28,29)30;/h4-8,10-11,16H,9,23H2,1-3H3,(H,24,25)(H2,28,29,30);1H/t11-,16-;/m1./s1. The lowest BCUT2D eigenvalue weighted by Crippen LogP contribution is -2.39. The zero-order valence-electron chi connectivity index (χ0n) is 18.9. The molecule has 0 aliphatic heterocycles. The van der Waals surface area contributed by atoms with Crippen molar-refractivity contribution in [3.63, 3.8) is 0 Å². The maximum atomic E-state index is 14.7. The van der Waals surface area contributed by atoms with Crippen LogP contribution < -0.4 is 15.8 Å². The fraction of sp³-hybridized carbons (Fsp3) is 0.350. The highest BCUT2D eigenvalue weighted by molar-refractivity contribution is 7.46. The Kier molecular flexibility index (Phi) is 10.4. The second-order valence-electron chi connectivity index (χ2n) is 7.68. The first-order chi connectivity index (χ1) is 15.9. The largest absolute Gasteiger partial charge is 0.489 e. The summed E-state index contributed by atoms with van der Waals surface area (Å²) in [5, 5.41) is 12.7. The lowest BCUT2D eigenvalue weighted by molar-refractivity contribution is 0.106. The Morgan fingerprint density at radius 2 is 1.91 bits per heavy atom. The van der Waals surface area contributed by atoms with Gasteiger partial charge in [0.2, 0.25) is 0 Å². The minimum atomic E-state index is -4.71. The van der Waals surface area contributed by atoms with Gasteiger partial charge in [0.15, 0.2) is 11.6 Å². The molecule has 10 nitrogen and oxygen atoms in total. The summed E-state index contributed by atoms with van der Waals surface area (Å²) in [4.78, 5) is 22.1. The molecule has 0 saturated heterocycles. The van der Waals surface area contributed by atoms with E-state index in [-0.39, 0.29) is 35.8 Å². The first-order valence-electron chi connectivity index (χ1n) is 10.1. The number of nitrogens with one attached hydrogen (secondary N) is 1. The predicted molar refractivity (Wildman–Crippen MR) is 136 cm³/mol. The van der Waals surface area contributed by atoms with Crippen molar-refractivity contribution in [1.82, 2.24) is 15.2 Å². The molecule has 15 heteroatoms. The molecule has 1 aromatic carbocycles. The number of aromatic nitrogens is 3. The van der Waals surface area contributed by atoms with Crippen molar-refractivity contribution in [3.05, 3.63) is 41.3 Å². The van der Waals surface area contributed by atoms with Gasteiger partial charge in [0.25, 0.3) is 0 Å². The number of rotatable bonds is 10. The third-order valence-electron chi connectivity index (χ3n) is 4.46. The molecule has 0 aliphatic rings. The lowest BCUT2D eigenvalue weighted by atomic mass is 10.2. The molecule has 3 aromatic rings. The van der Waals surface area contributed by atoms with E-state index in [1.54, 1.807) is 6.20 Å². The predicted octanol–water partition coefficient (Wildman–Crippen LogP) is 4.51. The van der Waals surface area contributed by atoms with Crippen LogP contribution in [0, 0.1) is 5.82 Å². The van der Waals surface area contributed by atoms with Crippen molar-refractivity contribution in [2.24, 2.45) is 5.73 Å². The van der Waals surface area contributed by atoms with E-state index in [0.717, 1.165) is 11.4 Å². The monoisotopic (exact) mass is 567 g/mol. The van der Waals surface area contributed by atoms with Crippen molar-refractivity contribution in [3.8, 4) is 26.9 Å². The number of pyridine rings is 1. The molecule has 35 heavy (non-hydrogen) atoms. The maximum Gasteiger partial charge on any atom is 0.469 e. The Morgan fingerprint density at radius 3 is 2.51 bits per heavy atom. The quantitative estimate of drug-likeness (QED) is 0.257. The van der Waals surface area contributed by atoms with Crippen LogP contribution in [0.15, 0.2) is 30.5 Å². The Morgan fingerprint density at radius 1 is 1.23 bits per heavy atom. The highest BCUT2D eigenvalue weighted by atomic mass is 35.5. The molecule has 2 heterocycles. The number of anilines is 1. The van der Waals surface area contributed by atoms with Gasteiger partial charge in [-0.2, -0.15) is 0 Å². The molecule has 0 saturated carbocycles. The van der Waals surface area contributed by atoms with Gasteiger partial charge in [-0.05, 0) is 39.0 Å². The van der Waals surface area contributed by atoms with Gasteiger partial charge in [-0.1, -0.05) is 22.9 Å². The number of nitrogens with zero attached hydrogens (tertiary/aromatic N) is 3. The highest BCUT2D eigenvalue weighted by Gasteiger charge is 2.25. The van der Waals surface area contributed by atoms with E-state index in [2.05, 4.69) is 25.0 Å². The van der Waals surface area contributed by atoms with Crippen molar-refractivity contribution in [2.75, 3.05) is 11.9 Å². The van der Waals surface area contributed by atoms with Crippen LogP contribution in [0.25, 0.3) is 21.1 Å². The van der Waals surface area contributed by atoms with Gasteiger partial charge in [-0.3, -0.25) is 4.52 Å². The number of nitrogens with two attached hydrogens (primary N) is 1. The number of benzene rings is 1. The molecule has 2 atom stereocenters. The number of hydrogen-bond donors (Lipinski definition) is 4. The summed E-state index contributed by atoms with van der Waals surface area (Å²) in [6.45, 7) is 5.14. The average molecular weight is 568 g/mol. The first kappa shape index (κ1) is 29.3. The molecular weight excluding hydrogens is 543 g/mol. The summed E-state index contributed by atoms with van der Waals surface area (Å²) in [5.74, 6) is -0.140. The molecule has 0 amide bonds. The second-order valence-corrected chi connectivity index (χ2v) is 10.3. The van der Waals surface area contributed by atoms with Gasteiger partial charge in [-0.25, -0.2) is 13.9 Å². The molecule has 0 spiro atoms. The first-order valence-corrected chi connectivity index (χ1v) is 12.8. The van der Waals surface area contributed by atoms with Gasteiger partial charge in [-0.15, -0.1) is 22.6 Å². The molecule has 0 bridgehead atoms. The van der Waals surface area contributed by atoms with Crippen LogP contribution in [0.4, 0.5) is 10.2 Å². The van der Waals surface area contributed by atoms with Crippen LogP contribution in [0.1, 0.15) is 20.8 Å². The molecular formula is C20H25Cl2FN5O5PS. The van der Waals surface area contributed by atoms with E-state index in [1.807, 2.05) is 26.0 Å². The smallest absolute Gasteiger partial charge is 0.469 e. The van der Waals surface area contributed by atoms with Crippen molar-refractivity contribution >= 4 is 49.0 Å². The van der Waals surface area contributed by atoms with Crippen LogP contribution in [0.3, 0.4) is 0 Å². The zero-order valence-corrected chi connectivity index (χ0v) is 22.2. The van der Waals surface area contributed by atoms with Crippen molar-refractivity contribution in [1.29, 1.82) is 0 Å². The summed E-state index contributed by atoms with van der Waals surface area (Å²) >= 11 is 7.57. The molecule has 0 fully saturated rings. The van der Waals surface area contributed by atoms with Crippen LogP contribution in [-0.4, -0.2) is 49.8 Å². The molecule has 3 rings (SSSR count). The van der Waals surface area contributed by atoms with Gasteiger partial charge in [0.1, 0.15) is 22.4 Å². The van der Waals surface area contributed by atoms with Crippen LogP contribution in [-0.2, 0) is 9.09 Å². The normalized spacial score (nSPS) is 13.3. The number of phosphoric ester groups is 1. The lowest BCUT2D eigenvalue weighted by Gasteiger charge is -2.21. The summed E-state index contributed by atoms with van der Waals surface area (Å²) in [6.07, 6.45) is 0.650. The fourth-order valence-corrected chi connectivity index (χ4v) is 4.52. The molecule has 0 radical (unpaired) electrons. The van der Waals surface area contributed by atoms with Crippen molar-refractivity contribution < 1.29 is 28.0 Å².